The summed E-state index contributed by atoms with van der Waals surface area (Å²) in [6, 6.07) is 0. The summed E-state index contributed by atoms with van der Waals surface area (Å²) in [5.74, 6) is 0. The van der Waals surface area contributed by atoms with Gasteiger partial charge in [0.15, 0.2) is 6.29 Å². The third kappa shape index (κ3) is 1.18. The molecule has 0 amide bonds. The molecule has 0 radical (unpaired) electrons. The second kappa shape index (κ2) is 2.44. The van der Waals surface area contributed by atoms with Gasteiger partial charge in [-0.1, -0.05) is 0 Å². The van der Waals surface area contributed by atoms with Gasteiger partial charge >= 0.3 is 0 Å². The highest BCUT2D eigenvalue weighted by molar-refractivity contribution is 4.66. The zero-order valence-corrected chi connectivity index (χ0v) is 4.71. The van der Waals surface area contributed by atoms with Crippen LogP contribution in [0.4, 0.5) is 0 Å². The molecule has 1 heterocycles. The highest BCUT2D eigenvalue weighted by atomic mass is 16.6. The topological polar surface area (TPSA) is 55.5 Å². The molecule has 3 nitrogen and oxygen atoms in total. The van der Waals surface area contributed by atoms with Crippen LogP contribution in [0.1, 0.15) is 12.8 Å². The summed E-state index contributed by atoms with van der Waals surface area (Å²) in [5, 5.41) is 8.75. The van der Waals surface area contributed by atoms with Crippen molar-refractivity contribution in [3.8, 4) is 0 Å². The molecular weight excluding hydrogens is 106 g/mol. The number of hydrogen-bond acceptors (Lipinski definition) is 3. The van der Waals surface area contributed by atoms with E-state index in [1.165, 1.54) is 0 Å². The van der Waals surface area contributed by atoms with Crippen molar-refractivity contribution in [2.75, 3.05) is 6.54 Å². The lowest BCUT2D eigenvalue weighted by atomic mass is 10.2. The third-order valence-corrected chi connectivity index (χ3v) is 1.35. The van der Waals surface area contributed by atoms with Crippen molar-refractivity contribution < 1.29 is 9.84 Å². The second-order valence-electron chi connectivity index (χ2n) is 2.03. The standard InChI is InChI=1S/C5H11NO2/c6-3-4-1-2-5(7)8-4/h4-5,7H,1-3,6H2. The summed E-state index contributed by atoms with van der Waals surface area (Å²) in [6.45, 7) is 0.525. The molecule has 0 spiro atoms. The van der Waals surface area contributed by atoms with E-state index in [-0.39, 0.29) is 6.10 Å². The van der Waals surface area contributed by atoms with Crippen LogP contribution in [0.3, 0.4) is 0 Å². The third-order valence-electron chi connectivity index (χ3n) is 1.35. The molecule has 1 saturated heterocycles. The highest BCUT2D eigenvalue weighted by Gasteiger charge is 2.20. The average molecular weight is 117 g/mol. The molecule has 3 N–H and O–H groups in total. The molecule has 8 heavy (non-hydrogen) atoms. The Kier molecular flexibility index (Phi) is 1.83. The maximum Gasteiger partial charge on any atom is 0.155 e. The molecule has 2 unspecified atom stereocenters. The fourth-order valence-corrected chi connectivity index (χ4v) is 0.860. The summed E-state index contributed by atoms with van der Waals surface area (Å²) < 4.78 is 4.94. The van der Waals surface area contributed by atoms with Gasteiger partial charge in [-0.15, -0.1) is 0 Å². The first-order valence-corrected chi connectivity index (χ1v) is 2.86. The van der Waals surface area contributed by atoms with Gasteiger partial charge in [0.25, 0.3) is 0 Å². The smallest absolute Gasteiger partial charge is 0.155 e. The number of ether oxygens (including phenoxy) is 1. The fraction of sp³-hybridized carbons (Fsp3) is 1.00. The first kappa shape index (κ1) is 6.01. The van der Waals surface area contributed by atoms with Crippen molar-refractivity contribution in [3.05, 3.63) is 0 Å². The number of hydrogen-bond donors (Lipinski definition) is 2. The Balaban J connectivity index is 2.22. The van der Waals surface area contributed by atoms with Gasteiger partial charge < -0.3 is 15.6 Å². The lowest BCUT2D eigenvalue weighted by Gasteiger charge is -2.04. The van der Waals surface area contributed by atoms with E-state index in [1.54, 1.807) is 0 Å². The van der Waals surface area contributed by atoms with Gasteiger partial charge in [-0.3, -0.25) is 0 Å². The number of aliphatic hydroxyl groups is 1. The maximum atomic E-state index is 8.75. The second-order valence-corrected chi connectivity index (χ2v) is 2.03. The Morgan fingerprint density at radius 2 is 2.38 bits per heavy atom. The summed E-state index contributed by atoms with van der Waals surface area (Å²) >= 11 is 0. The van der Waals surface area contributed by atoms with Crippen LogP contribution in [0, 0.1) is 0 Å². The van der Waals surface area contributed by atoms with Gasteiger partial charge in [-0.2, -0.15) is 0 Å². The highest BCUT2D eigenvalue weighted by Crippen LogP contribution is 2.15. The average Bonchev–Trinajstić information content (AvgIpc) is 2.14. The molecule has 0 aromatic heterocycles. The van der Waals surface area contributed by atoms with Gasteiger partial charge in [-0.25, -0.2) is 0 Å². The lowest BCUT2D eigenvalue weighted by Crippen LogP contribution is -2.20. The first-order chi connectivity index (χ1) is 3.83. The van der Waals surface area contributed by atoms with Crippen molar-refractivity contribution in [3.63, 3.8) is 0 Å². The Labute approximate surface area is 48.4 Å². The van der Waals surface area contributed by atoms with E-state index in [4.69, 9.17) is 15.6 Å². The molecule has 0 aromatic carbocycles. The molecule has 1 aliphatic rings. The van der Waals surface area contributed by atoms with Crippen molar-refractivity contribution in [2.24, 2.45) is 5.73 Å². The predicted molar refractivity (Wildman–Crippen MR) is 29.2 cm³/mol. The minimum absolute atomic E-state index is 0.102. The summed E-state index contributed by atoms with van der Waals surface area (Å²) in [7, 11) is 0. The van der Waals surface area contributed by atoms with Crippen LogP contribution in [-0.4, -0.2) is 24.0 Å². The van der Waals surface area contributed by atoms with Gasteiger partial charge in [0.2, 0.25) is 0 Å². The predicted octanol–water partition coefficient (Wildman–Crippen LogP) is -0.558. The lowest BCUT2D eigenvalue weighted by molar-refractivity contribution is -0.0872. The molecule has 1 aliphatic heterocycles. The normalized spacial score (nSPS) is 38.2. The quantitative estimate of drug-likeness (QED) is 0.484. The number of rotatable bonds is 1. The molecule has 0 aromatic rings. The molecule has 0 aliphatic carbocycles. The Morgan fingerprint density at radius 1 is 1.62 bits per heavy atom. The summed E-state index contributed by atoms with van der Waals surface area (Å²) in [4.78, 5) is 0. The van der Waals surface area contributed by atoms with Crippen LogP contribution in [0.25, 0.3) is 0 Å². The van der Waals surface area contributed by atoms with Crippen LogP contribution >= 0.6 is 0 Å². The largest absolute Gasteiger partial charge is 0.368 e. The summed E-state index contributed by atoms with van der Waals surface area (Å²) in [5.41, 5.74) is 5.26. The summed E-state index contributed by atoms with van der Waals surface area (Å²) in [6.07, 6.45) is 1.19. The Hall–Kier alpha value is -0.120. The van der Waals surface area contributed by atoms with E-state index in [1.807, 2.05) is 0 Å². The monoisotopic (exact) mass is 117 g/mol. The molecule has 2 atom stereocenters. The zero-order valence-electron chi connectivity index (χ0n) is 4.71. The van der Waals surface area contributed by atoms with Crippen molar-refractivity contribution in [1.29, 1.82) is 0 Å². The van der Waals surface area contributed by atoms with Gasteiger partial charge in [-0.05, 0) is 6.42 Å². The van der Waals surface area contributed by atoms with Crippen LogP contribution < -0.4 is 5.73 Å². The van der Waals surface area contributed by atoms with E-state index in [0.29, 0.717) is 6.54 Å². The molecule has 3 heteroatoms. The number of nitrogens with two attached hydrogens (primary N) is 1. The molecule has 48 valence electrons. The van der Waals surface area contributed by atoms with Crippen molar-refractivity contribution in [2.45, 2.75) is 25.2 Å². The molecular formula is C5H11NO2. The molecule has 0 bridgehead atoms. The van der Waals surface area contributed by atoms with E-state index < -0.39 is 6.29 Å². The van der Waals surface area contributed by atoms with Crippen LogP contribution in [0.2, 0.25) is 0 Å². The van der Waals surface area contributed by atoms with Crippen molar-refractivity contribution >= 4 is 0 Å². The zero-order chi connectivity index (χ0) is 5.98. The van der Waals surface area contributed by atoms with Crippen LogP contribution in [-0.2, 0) is 4.74 Å². The minimum atomic E-state index is -0.552. The van der Waals surface area contributed by atoms with Crippen LogP contribution in [0.15, 0.2) is 0 Å². The molecule has 1 fully saturated rings. The first-order valence-electron chi connectivity index (χ1n) is 2.86. The van der Waals surface area contributed by atoms with Crippen molar-refractivity contribution in [1.82, 2.24) is 0 Å². The van der Waals surface area contributed by atoms with E-state index in [2.05, 4.69) is 0 Å². The maximum absolute atomic E-state index is 8.75. The Bertz CT molecular complexity index is 76.8. The van der Waals surface area contributed by atoms with E-state index >= 15 is 0 Å². The SMILES string of the molecule is NCC1CCC(O)O1. The van der Waals surface area contributed by atoms with Gasteiger partial charge in [0.05, 0.1) is 6.10 Å². The van der Waals surface area contributed by atoms with E-state index in [0.717, 1.165) is 12.8 Å². The number of aliphatic hydroxyl groups excluding tert-OH is 1. The van der Waals surface area contributed by atoms with Gasteiger partial charge in [0, 0.05) is 13.0 Å². The van der Waals surface area contributed by atoms with Crippen LogP contribution in [0.5, 0.6) is 0 Å². The van der Waals surface area contributed by atoms with E-state index in [9.17, 15) is 0 Å². The fourth-order valence-electron chi connectivity index (χ4n) is 0.860. The molecule has 0 saturated carbocycles. The van der Waals surface area contributed by atoms with Gasteiger partial charge in [0.1, 0.15) is 0 Å². The Morgan fingerprint density at radius 3 is 2.62 bits per heavy atom. The minimum Gasteiger partial charge on any atom is -0.368 e. The molecule has 1 rings (SSSR count).